The molecule has 3 rings (SSSR count). The number of benzene rings is 2. The zero-order valence-electron chi connectivity index (χ0n) is 16.7. The van der Waals surface area contributed by atoms with E-state index in [9.17, 15) is 4.79 Å². The number of aromatic nitrogens is 1. The topological polar surface area (TPSA) is 63.2 Å². The van der Waals surface area contributed by atoms with Crippen LogP contribution in [-0.2, 0) is 6.54 Å². The van der Waals surface area contributed by atoms with Gasteiger partial charge in [0.25, 0.3) is 0 Å². The quantitative estimate of drug-likeness (QED) is 0.566. The Hall–Kier alpha value is -3.34. The summed E-state index contributed by atoms with van der Waals surface area (Å²) in [5.41, 5.74) is 3.45. The van der Waals surface area contributed by atoms with Crippen molar-refractivity contribution in [3.63, 3.8) is 0 Å². The van der Waals surface area contributed by atoms with Crippen LogP contribution in [0.25, 0.3) is 0 Å². The van der Waals surface area contributed by atoms with Gasteiger partial charge in [0, 0.05) is 31.3 Å². The number of carbonyl (C=O) groups is 1. The van der Waals surface area contributed by atoms with Gasteiger partial charge in [0.1, 0.15) is 0 Å². The van der Waals surface area contributed by atoms with Crippen LogP contribution in [-0.4, -0.2) is 24.2 Å². The largest absolute Gasteiger partial charge is 0.478 e. The van der Waals surface area contributed by atoms with Crippen molar-refractivity contribution in [3.05, 3.63) is 95.7 Å². The minimum atomic E-state index is -0.181. The molecule has 5 heteroatoms. The number of rotatable bonds is 9. The molecule has 0 saturated carbocycles. The van der Waals surface area contributed by atoms with Gasteiger partial charge in [-0.15, -0.1) is 0 Å². The number of amides is 2. The molecule has 0 unspecified atom stereocenters. The van der Waals surface area contributed by atoms with Crippen LogP contribution in [0.15, 0.2) is 79.0 Å². The lowest BCUT2D eigenvalue weighted by Crippen LogP contribution is -2.36. The van der Waals surface area contributed by atoms with Gasteiger partial charge in [-0.05, 0) is 36.1 Å². The van der Waals surface area contributed by atoms with Crippen molar-refractivity contribution >= 4 is 6.03 Å². The Morgan fingerprint density at radius 2 is 1.62 bits per heavy atom. The van der Waals surface area contributed by atoms with Gasteiger partial charge < -0.3 is 15.4 Å². The molecule has 0 aliphatic carbocycles. The van der Waals surface area contributed by atoms with E-state index in [0.717, 1.165) is 12.0 Å². The van der Waals surface area contributed by atoms with Crippen LogP contribution in [0.2, 0.25) is 0 Å². The molecule has 1 heterocycles. The van der Waals surface area contributed by atoms with E-state index in [2.05, 4.69) is 64.1 Å². The Morgan fingerprint density at radius 1 is 0.966 bits per heavy atom. The molecular formula is C24H27N3O2. The average Bonchev–Trinajstić information content (AvgIpc) is 2.77. The number of hydrogen-bond acceptors (Lipinski definition) is 3. The maximum atomic E-state index is 12.2. The minimum Gasteiger partial charge on any atom is -0.478 e. The SMILES string of the molecule is CCOc1cc(CNC(=O)NCCC(c2ccccc2)c2ccccc2)ccn1. The lowest BCUT2D eigenvalue weighted by Gasteiger charge is -2.18. The molecule has 2 amide bonds. The van der Waals surface area contributed by atoms with Gasteiger partial charge in [-0.2, -0.15) is 0 Å². The normalized spacial score (nSPS) is 10.6. The molecule has 5 nitrogen and oxygen atoms in total. The molecule has 0 aliphatic heterocycles. The smallest absolute Gasteiger partial charge is 0.315 e. The first-order chi connectivity index (χ1) is 14.3. The van der Waals surface area contributed by atoms with E-state index in [1.807, 2.05) is 31.2 Å². The second kappa shape index (κ2) is 10.9. The van der Waals surface area contributed by atoms with Crippen molar-refractivity contribution in [2.45, 2.75) is 25.8 Å². The lowest BCUT2D eigenvalue weighted by molar-refractivity contribution is 0.240. The highest BCUT2D eigenvalue weighted by molar-refractivity contribution is 5.73. The summed E-state index contributed by atoms with van der Waals surface area (Å²) < 4.78 is 5.39. The fourth-order valence-electron chi connectivity index (χ4n) is 3.26. The van der Waals surface area contributed by atoms with Gasteiger partial charge in [0.15, 0.2) is 0 Å². The molecule has 2 N–H and O–H groups in total. The number of nitrogens with one attached hydrogen (secondary N) is 2. The lowest BCUT2D eigenvalue weighted by atomic mass is 9.88. The molecule has 29 heavy (non-hydrogen) atoms. The number of carbonyl (C=O) groups excluding carboxylic acids is 1. The number of urea groups is 1. The summed E-state index contributed by atoms with van der Waals surface area (Å²) in [6.45, 7) is 3.49. The van der Waals surface area contributed by atoms with Crippen molar-refractivity contribution in [2.75, 3.05) is 13.2 Å². The standard InChI is InChI=1S/C24H27N3O2/c1-2-29-23-17-19(13-15-25-23)18-27-24(28)26-16-14-22(20-9-5-3-6-10-20)21-11-7-4-8-12-21/h3-13,15,17,22H,2,14,16,18H2,1H3,(H2,26,27,28). The van der Waals surface area contributed by atoms with Crippen molar-refractivity contribution in [1.82, 2.24) is 15.6 Å². The van der Waals surface area contributed by atoms with Crippen LogP contribution < -0.4 is 15.4 Å². The fourth-order valence-corrected chi connectivity index (χ4v) is 3.26. The second-order valence-electron chi connectivity index (χ2n) is 6.71. The molecular weight excluding hydrogens is 362 g/mol. The molecule has 2 aromatic carbocycles. The molecule has 1 aromatic heterocycles. The Labute approximate surface area is 172 Å². The van der Waals surface area contributed by atoms with Crippen molar-refractivity contribution < 1.29 is 9.53 Å². The minimum absolute atomic E-state index is 0.181. The van der Waals surface area contributed by atoms with E-state index in [0.29, 0.717) is 25.6 Å². The second-order valence-corrected chi connectivity index (χ2v) is 6.71. The molecule has 0 fully saturated rings. The number of hydrogen-bond donors (Lipinski definition) is 2. The molecule has 3 aromatic rings. The third-order valence-electron chi connectivity index (χ3n) is 4.67. The van der Waals surface area contributed by atoms with Gasteiger partial charge in [-0.1, -0.05) is 60.7 Å². The Morgan fingerprint density at radius 3 is 2.24 bits per heavy atom. The third kappa shape index (κ3) is 6.35. The summed E-state index contributed by atoms with van der Waals surface area (Å²) in [5.74, 6) is 0.812. The van der Waals surface area contributed by atoms with Crippen molar-refractivity contribution in [3.8, 4) is 5.88 Å². The molecule has 0 bridgehead atoms. The fraction of sp³-hybridized carbons (Fsp3) is 0.250. The molecule has 0 saturated heterocycles. The predicted octanol–water partition coefficient (Wildman–Crippen LogP) is 4.50. The zero-order chi connectivity index (χ0) is 20.3. The Balaban J connectivity index is 1.52. The van der Waals surface area contributed by atoms with E-state index in [4.69, 9.17) is 4.74 Å². The summed E-state index contributed by atoms with van der Waals surface area (Å²) in [5, 5.41) is 5.85. The van der Waals surface area contributed by atoms with Crippen molar-refractivity contribution in [1.29, 1.82) is 0 Å². The van der Waals surface area contributed by atoms with Gasteiger partial charge in [-0.3, -0.25) is 0 Å². The third-order valence-corrected chi connectivity index (χ3v) is 4.67. The molecule has 0 spiro atoms. The maximum absolute atomic E-state index is 12.2. The molecule has 0 atom stereocenters. The summed E-state index contributed by atoms with van der Waals surface area (Å²) in [6.07, 6.45) is 2.51. The summed E-state index contributed by atoms with van der Waals surface area (Å²) in [6, 6.07) is 24.3. The number of pyridine rings is 1. The monoisotopic (exact) mass is 389 g/mol. The van der Waals surface area contributed by atoms with Crippen molar-refractivity contribution in [2.24, 2.45) is 0 Å². The van der Waals surface area contributed by atoms with E-state index >= 15 is 0 Å². The van der Waals surface area contributed by atoms with E-state index < -0.39 is 0 Å². The van der Waals surface area contributed by atoms with E-state index in [1.165, 1.54) is 11.1 Å². The zero-order valence-corrected chi connectivity index (χ0v) is 16.7. The number of nitrogens with zero attached hydrogens (tertiary/aromatic N) is 1. The average molecular weight is 389 g/mol. The van der Waals surface area contributed by atoms with Gasteiger partial charge >= 0.3 is 6.03 Å². The summed E-state index contributed by atoms with van der Waals surface area (Å²) in [4.78, 5) is 16.3. The number of ether oxygens (including phenoxy) is 1. The van der Waals surface area contributed by atoms with Crippen LogP contribution in [0.1, 0.15) is 36.0 Å². The predicted molar refractivity (Wildman–Crippen MR) is 115 cm³/mol. The van der Waals surface area contributed by atoms with Crippen LogP contribution in [0, 0.1) is 0 Å². The first-order valence-electron chi connectivity index (χ1n) is 9.95. The highest BCUT2D eigenvalue weighted by Crippen LogP contribution is 2.27. The Kier molecular flexibility index (Phi) is 7.63. The Bertz CT molecular complexity index is 845. The maximum Gasteiger partial charge on any atom is 0.315 e. The van der Waals surface area contributed by atoms with E-state index in [1.54, 1.807) is 6.20 Å². The summed E-state index contributed by atoms with van der Waals surface area (Å²) in [7, 11) is 0. The van der Waals surface area contributed by atoms with Crippen LogP contribution in [0.5, 0.6) is 5.88 Å². The summed E-state index contributed by atoms with van der Waals surface area (Å²) >= 11 is 0. The highest BCUT2D eigenvalue weighted by Gasteiger charge is 2.14. The van der Waals surface area contributed by atoms with Crippen LogP contribution >= 0.6 is 0 Å². The van der Waals surface area contributed by atoms with Gasteiger partial charge in [0.2, 0.25) is 5.88 Å². The van der Waals surface area contributed by atoms with Gasteiger partial charge in [0.05, 0.1) is 6.61 Å². The first-order valence-corrected chi connectivity index (χ1v) is 9.95. The van der Waals surface area contributed by atoms with Crippen LogP contribution in [0.4, 0.5) is 4.79 Å². The van der Waals surface area contributed by atoms with E-state index in [-0.39, 0.29) is 11.9 Å². The highest BCUT2D eigenvalue weighted by atomic mass is 16.5. The molecule has 0 aliphatic rings. The van der Waals surface area contributed by atoms with Gasteiger partial charge in [-0.25, -0.2) is 9.78 Å². The molecule has 150 valence electrons. The first kappa shape index (κ1) is 20.4. The molecule has 0 radical (unpaired) electrons. The van der Waals surface area contributed by atoms with Crippen LogP contribution in [0.3, 0.4) is 0 Å².